The molecule has 0 aliphatic heterocycles. The number of thiazole rings is 1. The van der Waals surface area contributed by atoms with Gasteiger partial charge in [-0.05, 0) is 31.2 Å². The number of benzene rings is 1. The van der Waals surface area contributed by atoms with Crippen LogP contribution < -0.4 is 5.32 Å². The number of aromatic nitrogens is 1. The first-order valence-corrected chi connectivity index (χ1v) is 7.77. The van der Waals surface area contributed by atoms with E-state index < -0.39 is 0 Å². The normalized spacial score (nSPS) is 12.7. The summed E-state index contributed by atoms with van der Waals surface area (Å²) in [6, 6.07) is 6.03. The maximum absolute atomic E-state index is 6.32. The molecule has 5 heteroatoms. The lowest BCUT2D eigenvalue weighted by atomic mass is 10.1. The quantitative estimate of drug-likeness (QED) is 0.878. The molecule has 18 heavy (non-hydrogen) atoms. The van der Waals surface area contributed by atoms with Crippen LogP contribution in [0.3, 0.4) is 0 Å². The van der Waals surface area contributed by atoms with Crippen LogP contribution in [0, 0.1) is 6.92 Å². The summed E-state index contributed by atoms with van der Waals surface area (Å²) in [4.78, 5) is 4.56. The molecule has 1 unspecified atom stereocenters. The number of halogens is 2. The summed E-state index contributed by atoms with van der Waals surface area (Å²) in [7, 11) is 0. The van der Waals surface area contributed by atoms with Crippen molar-refractivity contribution in [2.24, 2.45) is 0 Å². The molecule has 1 heterocycles. The third kappa shape index (κ3) is 3.12. The largest absolute Gasteiger partial charge is 0.304 e. The van der Waals surface area contributed by atoms with Crippen molar-refractivity contribution in [2.45, 2.75) is 19.9 Å². The second kappa shape index (κ2) is 6.15. The zero-order valence-corrected chi connectivity index (χ0v) is 13.4. The van der Waals surface area contributed by atoms with Crippen LogP contribution in [0.25, 0.3) is 0 Å². The molecule has 0 aliphatic carbocycles. The van der Waals surface area contributed by atoms with Crippen LogP contribution in [0.5, 0.6) is 0 Å². The average molecular weight is 346 g/mol. The van der Waals surface area contributed by atoms with Gasteiger partial charge in [0, 0.05) is 20.6 Å². The molecule has 1 aromatic carbocycles. The topological polar surface area (TPSA) is 24.9 Å². The minimum atomic E-state index is 0.0642. The summed E-state index contributed by atoms with van der Waals surface area (Å²) in [6.07, 6.45) is 0. The summed E-state index contributed by atoms with van der Waals surface area (Å²) >= 11 is 11.4. The van der Waals surface area contributed by atoms with E-state index in [4.69, 9.17) is 11.6 Å². The summed E-state index contributed by atoms with van der Waals surface area (Å²) in [5, 5.41) is 7.31. The number of aryl methyl sites for hydroxylation is 1. The van der Waals surface area contributed by atoms with Crippen molar-refractivity contribution in [3.63, 3.8) is 0 Å². The number of hydrogen-bond donors (Lipinski definition) is 1. The number of nitrogens with one attached hydrogen (secondary N) is 1. The zero-order chi connectivity index (χ0) is 13.1. The summed E-state index contributed by atoms with van der Waals surface area (Å²) in [5.74, 6) is 0. The number of rotatable bonds is 4. The fourth-order valence-corrected chi connectivity index (χ4v) is 3.44. The van der Waals surface area contributed by atoms with Gasteiger partial charge in [-0.2, -0.15) is 0 Å². The average Bonchev–Trinajstić information content (AvgIpc) is 2.73. The van der Waals surface area contributed by atoms with E-state index in [0.29, 0.717) is 0 Å². The van der Waals surface area contributed by atoms with Crippen LogP contribution in [0.4, 0.5) is 0 Å². The standard InChI is InChI=1S/C13H14BrClN2S/c1-3-16-12(13-17-8(2)7-18-13)10-5-4-9(14)6-11(10)15/h4-7,12,16H,3H2,1-2H3. The summed E-state index contributed by atoms with van der Waals surface area (Å²) < 4.78 is 0.988. The molecule has 1 atom stereocenters. The van der Waals surface area contributed by atoms with Crippen molar-refractivity contribution >= 4 is 38.9 Å². The summed E-state index contributed by atoms with van der Waals surface area (Å²) in [6.45, 7) is 4.96. The van der Waals surface area contributed by atoms with Crippen LogP contribution in [-0.2, 0) is 0 Å². The second-order valence-electron chi connectivity index (χ2n) is 3.98. The summed E-state index contributed by atoms with van der Waals surface area (Å²) in [5.41, 5.74) is 2.11. The van der Waals surface area contributed by atoms with E-state index in [9.17, 15) is 0 Å². The van der Waals surface area contributed by atoms with Gasteiger partial charge in [-0.25, -0.2) is 4.98 Å². The third-order valence-electron chi connectivity index (χ3n) is 2.57. The van der Waals surface area contributed by atoms with Crippen LogP contribution in [0.2, 0.25) is 5.02 Å². The Bertz CT molecular complexity index is 542. The van der Waals surface area contributed by atoms with E-state index in [1.54, 1.807) is 11.3 Å². The predicted molar refractivity (Wildman–Crippen MR) is 81.5 cm³/mol. The minimum absolute atomic E-state index is 0.0642. The van der Waals surface area contributed by atoms with Gasteiger partial charge < -0.3 is 5.32 Å². The van der Waals surface area contributed by atoms with Gasteiger partial charge in [0.15, 0.2) is 0 Å². The molecule has 2 nitrogen and oxygen atoms in total. The van der Waals surface area contributed by atoms with E-state index in [0.717, 1.165) is 32.3 Å². The fraction of sp³-hybridized carbons (Fsp3) is 0.308. The maximum Gasteiger partial charge on any atom is 0.114 e. The van der Waals surface area contributed by atoms with Gasteiger partial charge in [0.2, 0.25) is 0 Å². The molecular formula is C13H14BrClN2S. The van der Waals surface area contributed by atoms with Crippen molar-refractivity contribution in [3.05, 3.63) is 49.3 Å². The van der Waals surface area contributed by atoms with Gasteiger partial charge in [0.05, 0.1) is 6.04 Å². The Morgan fingerprint density at radius 2 is 2.28 bits per heavy atom. The second-order valence-corrected chi connectivity index (χ2v) is 6.20. The van der Waals surface area contributed by atoms with Crippen LogP contribution in [0.15, 0.2) is 28.1 Å². The van der Waals surface area contributed by atoms with Gasteiger partial charge in [0.1, 0.15) is 5.01 Å². The molecule has 2 aromatic rings. The Labute approximate surface area is 125 Å². The monoisotopic (exact) mass is 344 g/mol. The third-order valence-corrected chi connectivity index (χ3v) is 4.41. The Morgan fingerprint density at radius 1 is 1.50 bits per heavy atom. The maximum atomic E-state index is 6.32. The van der Waals surface area contributed by atoms with E-state index >= 15 is 0 Å². The molecule has 0 radical (unpaired) electrons. The molecule has 0 aliphatic rings. The first kappa shape index (κ1) is 14.0. The van der Waals surface area contributed by atoms with E-state index in [-0.39, 0.29) is 6.04 Å². The highest BCUT2D eigenvalue weighted by molar-refractivity contribution is 9.10. The van der Waals surface area contributed by atoms with Gasteiger partial charge >= 0.3 is 0 Å². The van der Waals surface area contributed by atoms with E-state index in [1.165, 1.54) is 0 Å². The van der Waals surface area contributed by atoms with Crippen molar-refractivity contribution in [1.82, 2.24) is 10.3 Å². The first-order chi connectivity index (χ1) is 8.61. The van der Waals surface area contributed by atoms with Gasteiger partial charge in [0.25, 0.3) is 0 Å². The van der Waals surface area contributed by atoms with Crippen molar-refractivity contribution < 1.29 is 0 Å². The molecule has 96 valence electrons. The molecule has 0 saturated heterocycles. The highest BCUT2D eigenvalue weighted by atomic mass is 79.9. The van der Waals surface area contributed by atoms with Gasteiger partial charge in [-0.3, -0.25) is 0 Å². The Hall–Kier alpha value is -0.420. The van der Waals surface area contributed by atoms with E-state index in [2.05, 4.69) is 38.5 Å². The SMILES string of the molecule is CCNC(c1nc(C)cs1)c1ccc(Br)cc1Cl. The van der Waals surface area contributed by atoms with Crippen molar-refractivity contribution in [3.8, 4) is 0 Å². The Balaban J connectivity index is 2.41. The lowest BCUT2D eigenvalue weighted by Crippen LogP contribution is -2.22. The molecular weight excluding hydrogens is 332 g/mol. The van der Waals surface area contributed by atoms with E-state index in [1.807, 2.05) is 25.1 Å². The number of hydrogen-bond acceptors (Lipinski definition) is 3. The molecule has 1 aromatic heterocycles. The van der Waals surface area contributed by atoms with Crippen LogP contribution in [0.1, 0.15) is 29.2 Å². The van der Waals surface area contributed by atoms with Crippen molar-refractivity contribution in [1.29, 1.82) is 0 Å². The predicted octanol–water partition coefficient (Wildman–Crippen LogP) is 4.57. The highest BCUT2D eigenvalue weighted by Gasteiger charge is 2.19. The number of nitrogens with zero attached hydrogens (tertiary/aromatic N) is 1. The van der Waals surface area contributed by atoms with Crippen LogP contribution in [-0.4, -0.2) is 11.5 Å². The lowest BCUT2D eigenvalue weighted by molar-refractivity contribution is 0.626. The first-order valence-electron chi connectivity index (χ1n) is 5.72. The molecule has 0 bridgehead atoms. The lowest BCUT2D eigenvalue weighted by Gasteiger charge is -2.17. The van der Waals surface area contributed by atoms with Gasteiger partial charge in [-0.1, -0.05) is 40.5 Å². The van der Waals surface area contributed by atoms with Crippen LogP contribution >= 0.6 is 38.9 Å². The molecule has 0 saturated carbocycles. The van der Waals surface area contributed by atoms with Gasteiger partial charge in [-0.15, -0.1) is 11.3 Å². The smallest absolute Gasteiger partial charge is 0.114 e. The van der Waals surface area contributed by atoms with Crippen molar-refractivity contribution in [2.75, 3.05) is 6.54 Å². The zero-order valence-electron chi connectivity index (χ0n) is 10.2. The molecule has 1 N–H and O–H groups in total. The molecule has 2 rings (SSSR count). The molecule has 0 fully saturated rings. The fourth-order valence-electron chi connectivity index (χ4n) is 1.77. The minimum Gasteiger partial charge on any atom is -0.304 e. The molecule has 0 amide bonds. The Morgan fingerprint density at radius 3 is 2.83 bits per heavy atom. The molecule has 0 spiro atoms. The Kier molecular flexibility index (Phi) is 4.78. The highest BCUT2D eigenvalue weighted by Crippen LogP contribution is 2.31.